The molecule has 1 heterocycles. The molecule has 7 nitrogen and oxygen atoms in total. The second-order valence-electron chi connectivity index (χ2n) is 12.5. The van der Waals surface area contributed by atoms with Gasteiger partial charge >= 0.3 is 0 Å². The molecule has 0 radical (unpaired) electrons. The second kappa shape index (κ2) is 11.5. The van der Waals surface area contributed by atoms with Crippen molar-refractivity contribution in [3.8, 4) is 5.75 Å². The summed E-state index contributed by atoms with van der Waals surface area (Å²) in [5.74, 6) is 1.63. The van der Waals surface area contributed by atoms with Gasteiger partial charge in [0.1, 0.15) is 18.0 Å². The molecule has 1 aromatic carbocycles. The molecule has 1 aromatic rings. The fourth-order valence-electron chi connectivity index (χ4n) is 7.72. The van der Waals surface area contributed by atoms with Crippen LogP contribution in [0.5, 0.6) is 5.75 Å². The number of unbranched alkanes of at least 4 members (excludes halogenated alkanes) is 2. The van der Waals surface area contributed by atoms with Gasteiger partial charge in [-0.2, -0.15) is 0 Å². The van der Waals surface area contributed by atoms with E-state index in [0.29, 0.717) is 36.1 Å². The largest absolute Gasteiger partial charge is 0.486 e. The SMILES string of the molecule is C=CCCCCC(=O)N(C[C@@H]1CC[C@H]2C[C@@H]1C2(C)C)[C@@H]1C=C(C(=O)NCCO)[C@@H]2c3ccccc3O[C@@H]2[C@H]1O. The Hall–Kier alpha value is -2.64. The second-order valence-corrected chi connectivity index (χ2v) is 12.5. The summed E-state index contributed by atoms with van der Waals surface area (Å²) in [5, 5.41) is 23.9. The number of amides is 2. The lowest BCUT2D eigenvalue weighted by molar-refractivity contribution is -0.146. The number of nitrogens with one attached hydrogen (secondary N) is 1. The average molecular weight is 537 g/mol. The summed E-state index contributed by atoms with van der Waals surface area (Å²) in [7, 11) is 0. The predicted molar refractivity (Wildman–Crippen MR) is 150 cm³/mol. The van der Waals surface area contributed by atoms with Crippen molar-refractivity contribution in [1.29, 1.82) is 0 Å². The molecule has 0 saturated heterocycles. The molecule has 7 heteroatoms. The van der Waals surface area contributed by atoms with Crippen molar-refractivity contribution in [1.82, 2.24) is 10.2 Å². The van der Waals surface area contributed by atoms with Crippen molar-refractivity contribution < 1.29 is 24.5 Å². The van der Waals surface area contributed by atoms with Gasteiger partial charge in [0.15, 0.2) is 0 Å². The zero-order valence-electron chi connectivity index (χ0n) is 23.4. The van der Waals surface area contributed by atoms with E-state index in [1.165, 1.54) is 12.8 Å². The van der Waals surface area contributed by atoms with Crippen molar-refractivity contribution in [2.75, 3.05) is 19.7 Å². The molecule has 1 aliphatic heterocycles. The van der Waals surface area contributed by atoms with E-state index >= 15 is 0 Å². The maximum Gasteiger partial charge on any atom is 0.247 e. The maximum atomic E-state index is 13.8. The Bertz CT molecular complexity index is 1110. The minimum Gasteiger partial charge on any atom is -0.486 e. The first-order valence-electron chi connectivity index (χ1n) is 14.7. The molecule has 5 aliphatic rings. The Morgan fingerprint density at radius 1 is 1.23 bits per heavy atom. The third kappa shape index (κ3) is 5.16. The summed E-state index contributed by atoms with van der Waals surface area (Å²) in [6.45, 7) is 9.04. The van der Waals surface area contributed by atoms with Crippen LogP contribution in [0.4, 0.5) is 0 Å². The van der Waals surface area contributed by atoms with Crippen molar-refractivity contribution in [2.45, 2.75) is 83.0 Å². The molecule has 212 valence electrons. The van der Waals surface area contributed by atoms with Gasteiger partial charge in [0.25, 0.3) is 0 Å². The summed E-state index contributed by atoms with van der Waals surface area (Å²) in [5.41, 5.74) is 1.63. The van der Waals surface area contributed by atoms with Crippen LogP contribution in [0, 0.1) is 23.2 Å². The topological polar surface area (TPSA) is 99.1 Å². The highest BCUT2D eigenvalue weighted by molar-refractivity contribution is 5.96. The molecule has 0 unspecified atom stereocenters. The number of hydrogen-bond acceptors (Lipinski definition) is 5. The molecule has 3 N–H and O–H groups in total. The summed E-state index contributed by atoms with van der Waals surface area (Å²) in [6.07, 6.45) is 8.43. The van der Waals surface area contributed by atoms with Crippen LogP contribution in [0.25, 0.3) is 0 Å². The number of ether oxygens (including phenoxy) is 1. The van der Waals surface area contributed by atoms with Gasteiger partial charge in [0.2, 0.25) is 11.8 Å². The van der Waals surface area contributed by atoms with Gasteiger partial charge in [-0.25, -0.2) is 0 Å². The van der Waals surface area contributed by atoms with E-state index in [1.807, 2.05) is 41.3 Å². The van der Waals surface area contributed by atoms with E-state index in [0.717, 1.165) is 37.2 Å². The average Bonchev–Trinajstić information content (AvgIpc) is 3.33. The van der Waals surface area contributed by atoms with Crippen molar-refractivity contribution in [2.24, 2.45) is 23.2 Å². The van der Waals surface area contributed by atoms with Crippen LogP contribution in [0.15, 0.2) is 48.6 Å². The molecular weight excluding hydrogens is 492 g/mol. The van der Waals surface area contributed by atoms with E-state index in [9.17, 15) is 19.8 Å². The summed E-state index contributed by atoms with van der Waals surface area (Å²) in [4.78, 5) is 29.1. The molecule has 2 amide bonds. The first-order chi connectivity index (χ1) is 18.8. The van der Waals surface area contributed by atoms with Crippen LogP contribution in [-0.4, -0.2) is 64.9 Å². The van der Waals surface area contributed by atoms with Gasteiger partial charge < -0.3 is 25.2 Å². The van der Waals surface area contributed by atoms with E-state index in [4.69, 9.17) is 4.74 Å². The number of allylic oxidation sites excluding steroid dienone is 1. The minimum absolute atomic E-state index is 0.0164. The lowest BCUT2D eigenvalue weighted by Crippen LogP contribution is -2.59. The van der Waals surface area contributed by atoms with Crippen LogP contribution in [-0.2, 0) is 9.59 Å². The number of aliphatic hydroxyl groups is 2. The molecular formula is C32H44N2O5. The van der Waals surface area contributed by atoms with E-state index in [1.54, 1.807) is 0 Å². The van der Waals surface area contributed by atoms with E-state index in [2.05, 4.69) is 25.7 Å². The first-order valence-corrected chi connectivity index (χ1v) is 14.7. The molecule has 7 atom stereocenters. The van der Waals surface area contributed by atoms with Gasteiger partial charge in [0.05, 0.1) is 18.6 Å². The van der Waals surface area contributed by atoms with Crippen LogP contribution in [0.1, 0.15) is 70.3 Å². The lowest BCUT2D eigenvalue weighted by Gasteiger charge is -2.61. The highest BCUT2D eigenvalue weighted by Gasteiger charge is 2.56. The number of benzene rings is 1. The van der Waals surface area contributed by atoms with Gasteiger partial charge in [-0.1, -0.05) is 38.1 Å². The van der Waals surface area contributed by atoms with Crippen LogP contribution < -0.4 is 10.1 Å². The number of rotatable bonds is 11. The summed E-state index contributed by atoms with van der Waals surface area (Å²) < 4.78 is 6.26. The van der Waals surface area contributed by atoms with Gasteiger partial charge in [-0.15, -0.1) is 6.58 Å². The molecule has 3 fully saturated rings. The Morgan fingerprint density at radius 3 is 2.74 bits per heavy atom. The number of fused-ring (bicyclic) bond motifs is 5. The molecule has 4 aliphatic carbocycles. The quantitative estimate of drug-likeness (QED) is 0.294. The van der Waals surface area contributed by atoms with Crippen molar-refractivity contribution in [3.63, 3.8) is 0 Å². The number of para-hydroxylation sites is 1. The molecule has 6 rings (SSSR count). The lowest BCUT2D eigenvalue weighted by atomic mass is 9.45. The first kappa shape index (κ1) is 27.9. The number of nitrogens with zero attached hydrogens (tertiary/aromatic N) is 1. The molecule has 39 heavy (non-hydrogen) atoms. The van der Waals surface area contributed by atoms with E-state index < -0.39 is 24.2 Å². The summed E-state index contributed by atoms with van der Waals surface area (Å²) >= 11 is 0. The Labute approximate surface area is 232 Å². The predicted octanol–water partition coefficient (Wildman–Crippen LogP) is 3.96. The Balaban J connectivity index is 1.47. The molecule has 3 saturated carbocycles. The van der Waals surface area contributed by atoms with Crippen LogP contribution >= 0.6 is 0 Å². The third-order valence-corrected chi connectivity index (χ3v) is 10.0. The molecule has 0 aromatic heterocycles. The van der Waals surface area contributed by atoms with Gasteiger partial charge in [-0.3, -0.25) is 9.59 Å². The zero-order valence-corrected chi connectivity index (χ0v) is 23.4. The van der Waals surface area contributed by atoms with Gasteiger partial charge in [0, 0.05) is 30.6 Å². The standard InChI is InChI=1S/C32H44N2O5/c1-4-5-6-7-12-27(36)34(19-20-13-14-21-17-24(20)32(21,2)3)25-18-23(31(38)33-15-16-35)28-22-10-8-9-11-26(22)39-30(28)29(25)37/h4,8-11,18,20-21,24-25,28-30,35,37H,1,5-7,12-17,19H2,2-3H3,(H,33,38)/t20-,21-,24-,25+,28-,29-,30-/m0/s1. The Morgan fingerprint density at radius 2 is 2.03 bits per heavy atom. The Kier molecular flexibility index (Phi) is 8.20. The highest BCUT2D eigenvalue weighted by Crippen LogP contribution is 2.61. The fraction of sp³-hybridized carbons (Fsp3) is 0.625. The normalized spacial score (nSPS) is 31.6. The number of carbonyl (C=O) groups is 2. The van der Waals surface area contributed by atoms with Crippen LogP contribution in [0.3, 0.4) is 0 Å². The van der Waals surface area contributed by atoms with E-state index in [-0.39, 0.29) is 30.4 Å². The summed E-state index contributed by atoms with van der Waals surface area (Å²) in [6, 6.07) is 6.91. The van der Waals surface area contributed by atoms with Crippen molar-refractivity contribution >= 4 is 11.8 Å². The fourth-order valence-corrected chi connectivity index (χ4v) is 7.72. The molecule has 0 spiro atoms. The third-order valence-electron chi connectivity index (χ3n) is 10.0. The monoisotopic (exact) mass is 536 g/mol. The highest BCUT2D eigenvalue weighted by atomic mass is 16.5. The van der Waals surface area contributed by atoms with Crippen molar-refractivity contribution in [3.05, 3.63) is 54.1 Å². The minimum atomic E-state index is -0.973. The number of hydrogen-bond donors (Lipinski definition) is 3. The molecule has 2 bridgehead atoms. The zero-order chi connectivity index (χ0) is 27.7. The number of carbonyl (C=O) groups excluding carboxylic acids is 2. The van der Waals surface area contributed by atoms with Crippen LogP contribution in [0.2, 0.25) is 0 Å². The number of aliphatic hydroxyl groups excluding tert-OH is 2. The maximum absolute atomic E-state index is 13.8. The van der Waals surface area contributed by atoms with Gasteiger partial charge in [-0.05, 0) is 73.8 Å². The smallest absolute Gasteiger partial charge is 0.247 e.